The fourth-order valence-electron chi connectivity index (χ4n) is 2.46. The first-order valence-corrected chi connectivity index (χ1v) is 7.14. The van der Waals surface area contributed by atoms with Crippen molar-refractivity contribution in [2.75, 3.05) is 33.9 Å². The van der Waals surface area contributed by atoms with E-state index in [2.05, 4.69) is 12.2 Å². The van der Waals surface area contributed by atoms with Crippen LogP contribution in [0.2, 0.25) is 0 Å². The molecule has 0 amide bonds. The number of hydrogen-bond acceptors (Lipinski definition) is 4. The van der Waals surface area contributed by atoms with Crippen molar-refractivity contribution in [1.29, 1.82) is 0 Å². The van der Waals surface area contributed by atoms with Gasteiger partial charge in [0.1, 0.15) is 0 Å². The van der Waals surface area contributed by atoms with E-state index in [0.29, 0.717) is 12.2 Å². The monoisotopic (exact) mass is 259 g/mol. The maximum Gasteiger partial charge on any atom is 0.0675 e. The van der Waals surface area contributed by atoms with Crippen LogP contribution in [0.25, 0.3) is 0 Å². The first-order valence-electron chi connectivity index (χ1n) is 7.14. The third kappa shape index (κ3) is 6.69. The molecule has 0 bridgehead atoms. The first kappa shape index (κ1) is 15.9. The summed E-state index contributed by atoms with van der Waals surface area (Å²) in [7, 11) is 3.54. The molecule has 3 atom stereocenters. The molecular formula is C14H29NO3. The smallest absolute Gasteiger partial charge is 0.0675 e. The Bertz CT molecular complexity index is 201. The molecule has 0 spiro atoms. The van der Waals surface area contributed by atoms with Gasteiger partial charge in [0, 0.05) is 27.4 Å². The second kappa shape index (κ2) is 9.73. The summed E-state index contributed by atoms with van der Waals surface area (Å²) in [5.74, 6) is 0. The van der Waals surface area contributed by atoms with Gasteiger partial charge in [-0.2, -0.15) is 0 Å². The quantitative estimate of drug-likeness (QED) is 0.643. The highest BCUT2D eigenvalue weighted by Crippen LogP contribution is 2.23. The van der Waals surface area contributed by atoms with Crippen molar-refractivity contribution in [1.82, 2.24) is 5.32 Å². The SMILES string of the molecule is COCCCNCC(C)OC1CCCC(OC)C1. The highest BCUT2D eigenvalue weighted by atomic mass is 16.5. The van der Waals surface area contributed by atoms with Crippen molar-refractivity contribution in [2.24, 2.45) is 0 Å². The van der Waals surface area contributed by atoms with Crippen molar-refractivity contribution in [3.05, 3.63) is 0 Å². The molecule has 1 N–H and O–H groups in total. The van der Waals surface area contributed by atoms with Crippen LogP contribution in [0.4, 0.5) is 0 Å². The van der Waals surface area contributed by atoms with E-state index in [1.54, 1.807) is 14.2 Å². The Morgan fingerprint density at radius 3 is 2.72 bits per heavy atom. The summed E-state index contributed by atoms with van der Waals surface area (Å²) in [6.45, 7) is 4.87. The van der Waals surface area contributed by atoms with Gasteiger partial charge in [0.05, 0.1) is 18.3 Å². The standard InChI is InChI=1S/C14H29NO3/c1-12(11-15-8-5-9-16-2)18-14-7-4-6-13(10-14)17-3/h12-15H,4-11H2,1-3H3. The molecule has 3 unspecified atom stereocenters. The molecule has 0 aromatic rings. The molecule has 1 saturated carbocycles. The molecule has 0 heterocycles. The van der Waals surface area contributed by atoms with Gasteiger partial charge >= 0.3 is 0 Å². The third-order valence-corrected chi connectivity index (χ3v) is 3.47. The van der Waals surface area contributed by atoms with E-state index in [-0.39, 0.29) is 6.10 Å². The van der Waals surface area contributed by atoms with Gasteiger partial charge in [-0.05, 0) is 45.6 Å². The molecule has 0 aromatic carbocycles. The lowest BCUT2D eigenvalue weighted by molar-refractivity contribution is -0.0580. The van der Waals surface area contributed by atoms with Crippen LogP contribution in [-0.4, -0.2) is 52.2 Å². The molecule has 18 heavy (non-hydrogen) atoms. The van der Waals surface area contributed by atoms with Gasteiger partial charge in [-0.3, -0.25) is 0 Å². The molecular weight excluding hydrogens is 230 g/mol. The maximum atomic E-state index is 6.06. The largest absolute Gasteiger partial charge is 0.385 e. The lowest BCUT2D eigenvalue weighted by Crippen LogP contribution is -2.34. The Kier molecular flexibility index (Phi) is 8.59. The minimum Gasteiger partial charge on any atom is -0.385 e. The van der Waals surface area contributed by atoms with Gasteiger partial charge in [-0.15, -0.1) is 0 Å². The minimum absolute atomic E-state index is 0.271. The second-order valence-electron chi connectivity index (χ2n) is 5.14. The number of nitrogens with one attached hydrogen (secondary N) is 1. The van der Waals surface area contributed by atoms with Gasteiger partial charge in [0.25, 0.3) is 0 Å². The molecule has 1 rings (SSSR count). The highest BCUT2D eigenvalue weighted by Gasteiger charge is 2.23. The lowest BCUT2D eigenvalue weighted by Gasteiger charge is -2.30. The lowest BCUT2D eigenvalue weighted by atomic mass is 9.95. The normalized spacial score (nSPS) is 26.2. The van der Waals surface area contributed by atoms with E-state index in [1.807, 2.05) is 0 Å². The number of hydrogen-bond donors (Lipinski definition) is 1. The van der Waals surface area contributed by atoms with E-state index in [4.69, 9.17) is 14.2 Å². The van der Waals surface area contributed by atoms with E-state index >= 15 is 0 Å². The molecule has 0 radical (unpaired) electrons. The zero-order valence-corrected chi connectivity index (χ0v) is 12.1. The van der Waals surface area contributed by atoms with Gasteiger partial charge in [0.2, 0.25) is 0 Å². The van der Waals surface area contributed by atoms with Crippen LogP contribution in [0.15, 0.2) is 0 Å². The molecule has 1 aliphatic carbocycles. The molecule has 0 aliphatic heterocycles. The van der Waals surface area contributed by atoms with Crippen LogP contribution < -0.4 is 5.32 Å². The summed E-state index contributed by atoms with van der Waals surface area (Å²) in [6, 6.07) is 0. The van der Waals surface area contributed by atoms with Crippen LogP contribution in [-0.2, 0) is 14.2 Å². The molecule has 1 fully saturated rings. The summed E-state index contributed by atoms with van der Waals surface area (Å²) < 4.78 is 16.5. The van der Waals surface area contributed by atoms with Gasteiger partial charge in [0.15, 0.2) is 0 Å². The first-order chi connectivity index (χ1) is 8.76. The highest BCUT2D eigenvalue weighted by molar-refractivity contribution is 4.74. The van der Waals surface area contributed by atoms with Crippen LogP contribution in [0.5, 0.6) is 0 Å². The summed E-state index contributed by atoms with van der Waals surface area (Å²) >= 11 is 0. The maximum absolute atomic E-state index is 6.06. The fourth-order valence-corrected chi connectivity index (χ4v) is 2.46. The molecule has 4 nitrogen and oxygen atoms in total. The molecule has 4 heteroatoms. The van der Waals surface area contributed by atoms with Crippen molar-refractivity contribution < 1.29 is 14.2 Å². The summed E-state index contributed by atoms with van der Waals surface area (Å²) in [5.41, 5.74) is 0. The van der Waals surface area contributed by atoms with Gasteiger partial charge in [-0.1, -0.05) is 0 Å². The number of methoxy groups -OCH3 is 2. The van der Waals surface area contributed by atoms with Crippen LogP contribution in [0.1, 0.15) is 39.0 Å². The molecule has 0 aromatic heterocycles. The van der Waals surface area contributed by atoms with Crippen LogP contribution in [0, 0.1) is 0 Å². The van der Waals surface area contributed by atoms with Crippen molar-refractivity contribution in [3.8, 4) is 0 Å². The Balaban J connectivity index is 2.06. The van der Waals surface area contributed by atoms with Crippen molar-refractivity contribution >= 4 is 0 Å². The minimum atomic E-state index is 0.271. The van der Waals surface area contributed by atoms with Gasteiger partial charge < -0.3 is 19.5 Å². The van der Waals surface area contributed by atoms with Crippen LogP contribution >= 0.6 is 0 Å². The zero-order valence-electron chi connectivity index (χ0n) is 12.1. The molecule has 0 saturated heterocycles. The molecule has 108 valence electrons. The summed E-state index contributed by atoms with van der Waals surface area (Å²) in [4.78, 5) is 0. The van der Waals surface area contributed by atoms with Crippen molar-refractivity contribution in [3.63, 3.8) is 0 Å². The Morgan fingerprint density at radius 2 is 2.00 bits per heavy atom. The Hall–Kier alpha value is -0.160. The van der Waals surface area contributed by atoms with E-state index in [9.17, 15) is 0 Å². The topological polar surface area (TPSA) is 39.7 Å². The average Bonchev–Trinajstić information content (AvgIpc) is 2.38. The second-order valence-corrected chi connectivity index (χ2v) is 5.14. The van der Waals surface area contributed by atoms with E-state index < -0.39 is 0 Å². The van der Waals surface area contributed by atoms with E-state index in [1.165, 1.54) is 19.3 Å². The summed E-state index contributed by atoms with van der Waals surface area (Å²) in [5, 5.41) is 3.40. The zero-order chi connectivity index (χ0) is 13.2. The predicted molar refractivity (Wildman–Crippen MR) is 73.0 cm³/mol. The van der Waals surface area contributed by atoms with E-state index in [0.717, 1.165) is 32.5 Å². The fraction of sp³-hybridized carbons (Fsp3) is 1.00. The number of rotatable bonds is 9. The average molecular weight is 259 g/mol. The Labute approximate surface area is 111 Å². The summed E-state index contributed by atoms with van der Waals surface area (Å²) in [6.07, 6.45) is 6.71. The van der Waals surface area contributed by atoms with Gasteiger partial charge in [-0.25, -0.2) is 0 Å². The molecule has 1 aliphatic rings. The predicted octanol–water partition coefficient (Wildman–Crippen LogP) is 1.98. The number of ether oxygens (including phenoxy) is 3. The van der Waals surface area contributed by atoms with Crippen molar-refractivity contribution in [2.45, 2.75) is 57.3 Å². The van der Waals surface area contributed by atoms with Crippen LogP contribution in [0.3, 0.4) is 0 Å². The third-order valence-electron chi connectivity index (χ3n) is 3.47. The Morgan fingerprint density at radius 1 is 1.22 bits per heavy atom.